The number of urea groups is 2. The molecule has 1 atom stereocenters. The normalized spacial score (nSPS) is 18.1. The van der Waals surface area contributed by atoms with Gasteiger partial charge in [0, 0.05) is 37.4 Å². The summed E-state index contributed by atoms with van der Waals surface area (Å²) in [5, 5.41) is 17.8. The summed E-state index contributed by atoms with van der Waals surface area (Å²) < 4.78 is 5.41. The molecule has 2 aromatic carbocycles. The minimum atomic E-state index is -0.891. The maximum absolute atomic E-state index is 13.1. The van der Waals surface area contributed by atoms with E-state index in [1.54, 1.807) is 29.2 Å². The van der Waals surface area contributed by atoms with Crippen molar-refractivity contribution in [1.82, 2.24) is 15.1 Å². The van der Waals surface area contributed by atoms with Crippen LogP contribution in [0.25, 0.3) is 0 Å². The number of piperidine rings is 1. The third-order valence-corrected chi connectivity index (χ3v) is 6.92. The van der Waals surface area contributed by atoms with Crippen LogP contribution in [0.5, 0.6) is 5.75 Å². The molecule has 0 aromatic heterocycles. The number of hydrogen-bond donors (Lipinski definition) is 4. The van der Waals surface area contributed by atoms with Gasteiger partial charge in [-0.25, -0.2) is 9.59 Å². The monoisotopic (exact) mass is 523 g/mol. The Morgan fingerprint density at radius 3 is 2.42 bits per heavy atom. The van der Waals surface area contributed by atoms with E-state index in [0.29, 0.717) is 55.2 Å². The Balaban J connectivity index is 1.33. The molecule has 4 rings (SSSR count). The molecule has 38 heavy (non-hydrogen) atoms. The van der Waals surface area contributed by atoms with Crippen molar-refractivity contribution in [3.8, 4) is 5.75 Å². The fraction of sp³-hybridized carbons (Fsp3) is 0.407. The van der Waals surface area contributed by atoms with Gasteiger partial charge in [-0.15, -0.1) is 0 Å². The van der Waals surface area contributed by atoms with Crippen LogP contribution < -0.4 is 20.7 Å². The van der Waals surface area contributed by atoms with E-state index in [4.69, 9.17) is 4.74 Å². The van der Waals surface area contributed by atoms with Crippen LogP contribution in [0.15, 0.2) is 42.5 Å². The van der Waals surface area contributed by atoms with Gasteiger partial charge in [0.15, 0.2) is 0 Å². The van der Waals surface area contributed by atoms with Gasteiger partial charge < -0.3 is 35.6 Å². The predicted octanol–water partition coefficient (Wildman–Crippen LogP) is 3.37. The number of carboxylic acid groups (broad SMARTS) is 1. The van der Waals surface area contributed by atoms with Crippen LogP contribution >= 0.6 is 0 Å². The molecule has 0 spiro atoms. The van der Waals surface area contributed by atoms with E-state index in [0.717, 1.165) is 5.56 Å². The molecule has 2 aromatic rings. The molecule has 0 aliphatic carbocycles. The number of aliphatic carboxylic acids is 1. The van der Waals surface area contributed by atoms with Gasteiger partial charge >= 0.3 is 18.0 Å². The summed E-state index contributed by atoms with van der Waals surface area (Å²) in [6.45, 7) is 5.07. The molecule has 4 N–H and O–H groups in total. The van der Waals surface area contributed by atoms with Crippen LogP contribution in [0, 0.1) is 12.8 Å². The minimum absolute atomic E-state index is 0.184. The standard InChI is InChI=1S/C27H33N5O6/c1-17-7-4-5-9-20(17)28-25(36)29-21-11-10-18(13-22(21)38-3)23(33)32-15-27(2,16-32)30-26(37)31-12-6-8-19(14-31)24(34)35/h4-5,7,9-11,13,19H,6,8,12,14-16H2,1-3H3,(H,30,37)(H,34,35)(H2,28,29,36). The molecule has 11 nitrogen and oxygen atoms in total. The van der Waals surface area contributed by atoms with Gasteiger partial charge in [0.25, 0.3) is 5.91 Å². The average Bonchev–Trinajstić information content (AvgIpc) is 2.88. The molecular formula is C27H33N5O6. The molecule has 0 saturated carbocycles. The zero-order valence-corrected chi connectivity index (χ0v) is 21.7. The molecule has 202 valence electrons. The highest BCUT2D eigenvalue weighted by atomic mass is 16.5. The number of likely N-dealkylation sites (tertiary alicyclic amines) is 2. The lowest BCUT2D eigenvalue weighted by Crippen LogP contribution is -2.71. The Labute approximate surface area is 221 Å². The Hall–Kier alpha value is -4.28. The lowest BCUT2D eigenvalue weighted by Gasteiger charge is -2.49. The van der Waals surface area contributed by atoms with Gasteiger partial charge in [-0.3, -0.25) is 9.59 Å². The van der Waals surface area contributed by atoms with Gasteiger partial charge in [-0.2, -0.15) is 0 Å². The highest BCUT2D eigenvalue weighted by molar-refractivity contribution is 6.02. The summed E-state index contributed by atoms with van der Waals surface area (Å²) in [7, 11) is 1.46. The number of methoxy groups -OCH3 is 1. The van der Waals surface area contributed by atoms with E-state index in [-0.39, 0.29) is 18.5 Å². The summed E-state index contributed by atoms with van der Waals surface area (Å²) >= 11 is 0. The Kier molecular flexibility index (Phi) is 7.75. The number of carbonyl (C=O) groups excluding carboxylic acids is 3. The lowest BCUT2D eigenvalue weighted by atomic mass is 9.91. The zero-order valence-electron chi connectivity index (χ0n) is 21.7. The highest BCUT2D eigenvalue weighted by Gasteiger charge is 2.44. The summed E-state index contributed by atoms with van der Waals surface area (Å²) in [4.78, 5) is 52.7. The van der Waals surface area contributed by atoms with Gasteiger partial charge in [0.05, 0.1) is 24.3 Å². The average molecular weight is 524 g/mol. The van der Waals surface area contributed by atoms with Crippen molar-refractivity contribution in [2.24, 2.45) is 5.92 Å². The first-order valence-corrected chi connectivity index (χ1v) is 12.5. The number of aryl methyl sites for hydroxylation is 1. The minimum Gasteiger partial charge on any atom is -0.495 e. The molecule has 2 saturated heterocycles. The number of para-hydroxylation sites is 1. The number of carbonyl (C=O) groups is 4. The Morgan fingerprint density at radius 1 is 1.03 bits per heavy atom. The fourth-order valence-corrected chi connectivity index (χ4v) is 4.82. The molecule has 2 aliphatic rings. The second kappa shape index (κ2) is 11.0. The Bertz CT molecular complexity index is 1240. The number of nitrogens with zero attached hydrogens (tertiary/aromatic N) is 2. The van der Waals surface area contributed by atoms with E-state index in [1.807, 2.05) is 32.0 Å². The van der Waals surface area contributed by atoms with E-state index in [1.165, 1.54) is 12.0 Å². The summed E-state index contributed by atoms with van der Waals surface area (Å²) in [5.74, 6) is -1.33. The van der Waals surface area contributed by atoms with Crippen LogP contribution in [-0.2, 0) is 4.79 Å². The number of anilines is 2. The molecular weight excluding hydrogens is 490 g/mol. The van der Waals surface area contributed by atoms with Crippen LogP contribution in [0.3, 0.4) is 0 Å². The van der Waals surface area contributed by atoms with Crippen molar-refractivity contribution < 1.29 is 29.0 Å². The lowest BCUT2D eigenvalue weighted by molar-refractivity contribution is -0.143. The fourth-order valence-electron chi connectivity index (χ4n) is 4.82. The van der Waals surface area contributed by atoms with Crippen molar-refractivity contribution in [1.29, 1.82) is 0 Å². The van der Waals surface area contributed by atoms with Crippen molar-refractivity contribution in [3.05, 3.63) is 53.6 Å². The first-order chi connectivity index (χ1) is 18.1. The first kappa shape index (κ1) is 26.8. The van der Waals surface area contributed by atoms with Gasteiger partial charge in [0.1, 0.15) is 5.75 Å². The number of ether oxygens (including phenoxy) is 1. The summed E-state index contributed by atoms with van der Waals surface area (Å²) in [5.41, 5.74) is 1.80. The second-order valence-electron chi connectivity index (χ2n) is 10.1. The van der Waals surface area contributed by atoms with Crippen molar-refractivity contribution in [2.45, 2.75) is 32.2 Å². The van der Waals surface area contributed by atoms with Crippen molar-refractivity contribution in [2.75, 3.05) is 43.9 Å². The summed E-state index contributed by atoms with van der Waals surface area (Å²) in [6, 6.07) is 11.5. The summed E-state index contributed by atoms with van der Waals surface area (Å²) in [6.07, 6.45) is 1.21. The molecule has 2 fully saturated rings. The predicted molar refractivity (Wildman–Crippen MR) is 142 cm³/mol. The Morgan fingerprint density at radius 2 is 1.74 bits per heavy atom. The number of amides is 5. The van der Waals surface area contributed by atoms with Gasteiger partial charge in [0.2, 0.25) is 0 Å². The number of hydrogen-bond acceptors (Lipinski definition) is 5. The van der Waals surface area contributed by atoms with E-state index in [2.05, 4.69) is 16.0 Å². The molecule has 5 amide bonds. The molecule has 1 unspecified atom stereocenters. The van der Waals surface area contributed by atoms with Crippen LogP contribution in [0.2, 0.25) is 0 Å². The van der Waals surface area contributed by atoms with Crippen LogP contribution in [0.1, 0.15) is 35.7 Å². The van der Waals surface area contributed by atoms with Gasteiger partial charge in [-0.05, 0) is 56.5 Å². The molecule has 2 heterocycles. The third-order valence-electron chi connectivity index (χ3n) is 6.92. The molecule has 2 aliphatic heterocycles. The number of carboxylic acids is 1. The second-order valence-corrected chi connectivity index (χ2v) is 10.1. The highest BCUT2D eigenvalue weighted by Crippen LogP contribution is 2.29. The quantitative estimate of drug-likeness (QED) is 0.458. The number of nitrogens with one attached hydrogen (secondary N) is 3. The third kappa shape index (κ3) is 5.99. The smallest absolute Gasteiger partial charge is 0.323 e. The SMILES string of the molecule is COc1cc(C(=O)N2CC(C)(NC(=O)N3CCCC(C(=O)O)C3)C2)ccc1NC(=O)Nc1ccccc1C. The number of rotatable bonds is 6. The zero-order chi connectivity index (χ0) is 27.4. The van der Waals surface area contributed by atoms with E-state index in [9.17, 15) is 24.3 Å². The largest absolute Gasteiger partial charge is 0.495 e. The van der Waals surface area contributed by atoms with Crippen molar-refractivity contribution in [3.63, 3.8) is 0 Å². The number of benzene rings is 2. The van der Waals surface area contributed by atoms with Crippen molar-refractivity contribution >= 4 is 35.3 Å². The topological polar surface area (TPSA) is 140 Å². The van der Waals surface area contributed by atoms with Crippen LogP contribution in [-0.4, -0.2) is 77.7 Å². The first-order valence-electron chi connectivity index (χ1n) is 12.5. The maximum atomic E-state index is 13.1. The van der Waals surface area contributed by atoms with E-state index < -0.39 is 23.5 Å². The van der Waals surface area contributed by atoms with Crippen LogP contribution in [0.4, 0.5) is 21.0 Å². The molecule has 0 bridgehead atoms. The molecule has 11 heteroatoms. The molecule has 0 radical (unpaired) electrons. The van der Waals surface area contributed by atoms with Gasteiger partial charge in [-0.1, -0.05) is 18.2 Å². The maximum Gasteiger partial charge on any atom is 0.323 e. The van der Waals surface area contributed by atoms with E-state index >= 15 is 0 Å².